The lowest BCUT2D eigenvalue weighted by Gasteiger charge is -2.33. The molecule has 0 radical (unpaired) electrons. The van der Waals surface area contributed by atoms with E-state index >= 15 is 0 Å². The predicted molar refractivity (Wildman–Crippen MR) is 125 cm³/mol. The molecule has 204 valence electrons. The number of hydrogen-bond acceptors (Lipinski definition) is 13. The van der Waals surface area contributed by atoms with Crippen molar-refractivity contribution in [1.82, 2.24) is 40.4 Å². The zero-order valence-corrected chi connectivity index (χ0v) is 21.5. The Hall–Kier alpha value is -2.63. The van der Waals surface area contributed by atoms with Crippen molar-refractivity contribution < 1.29 is 38.8 Å². The van der Waals surface area contributed by atoms with Gasteiger partial charge >= 0.3 is 7.60 Å². The standard InChI is InChI=1S/C19H30N9O8P/c1-9(2)21-16-11-6-20-28(17(11)23-10(3)22-16)18-15(30)14(29)12(36-18)7-35-19(8-34-4,37(31,32)33)5-13-24-26-27-25-13/h6,9,12,14-15,18,29-30H,5,7-8H2,1-4H3,(H,21,22,23)(H2,31,32,33)(H,24,25,26,27)/t12-,14-,15-,18-,19?/m1/s1. The lowest BCUT2D eigenvalue weighted by atomic mass is 10.1. The van der Waals surface area contributed by atoms with Crippen LogP contribution in [0.15, 0.2) is 6.20 Å². The first kappa shape index (κ1) is 27.4. The van der Waals surface area contributed by atoms with Gasteiger partial charge < -0.3 is 39.5 Å². The van der Waals surface area contributed by atoms with Crippen LogP contribution in [0.25, 0.3) is 11.0 Å². The number of ether oxygens (including phenoxy) is 3. The lowest BCUT2D eigenvalue weighted by Crippen LogP contribution is -2.44. The van der Waals surface area contributed by atoms with Crippen LogP contribution in [0.1, 0.15) is 31.7 Å². The van der Waals surface area contributed by atoms with Gasteiger partial charge in [-0.2, -0.15) is 10.3 Å². The van der Waals surface area contributed by atoms with Gasteiger partial charge in [-0.25, -0.2) is 14.6 Å². The van der Waals surface area contributed by atoms with Gasteiger partial charge in [0.15, 0.2) is 23.0 Å². The highest BCUT2D eigenvalue weighted by Gasteiger charge is 2.52. The van der Waals surface area contributed by atoms with Crippen molar-refractivity contribution in [3.05, 3.63) is 17.8 Å². The molecular formula is C19H30N9O8P. The third-order valence-corrected chi connectivity index (χ3v) is 7.29. The van der Waals surface area contributed by atoms with Gasteiger partial charge in [0.05, 0.1) is 31.2 Å². The van der Waals surface area contributed by atoms with Crippen molar-refractivity contribution in [2.75, 3.05) is 25.6 Å². The highest BCUT2D eigenvalue weighted by Crippen LogP contribution is 2.53. The number of nitrogens with one attached hydrogen (secondary N) is 2. The fourth-order valence-corrected chi connectivity index (χ4v) is 4.94. The molecule has 0 spiro atoms. The summed E-state index contributed by atoms with van der Waals surface area (Å²) in [5, 5.41) is 40.5. The molecule has 17 nitrogen and oxygen atoms in total. The minimum Gasteiger partial charge on any atom is -0.387 e. The van der Waals surface area contributed by atoms with E-state index in [1.54, 1.807) is 6.92 Å². The number of aromatic amines is 1. The van der Waals surface area contributed by atoms with E-state index < -0.39 is 57.1 Å². The molecule has 6 N–H and O–H groups in total. The molecule has 3 aromatic heterocycles. The first-order chi connectivity index (χ1) is 17.5. The van der Waals surface area contributed by atoms with Crippen LogP contribution >= 0.6 is 7.60 Å². The zero-order chi connectivity index (χ0) is 27.0. The van der Waals surface area contributed by atoms with Crippen molar-refractivity contribution in [2.45, 2.75) is 63.1 Å². The average Bonchev–Trinajstić information content (AvgIpc) is 3.52. The quantitative estimate of drug-likeness (QED) is 0.157. The average molecular weight is 543 g/mol. The van der Waals surface area contributed by atoms with Crippen molar-refractivity contribution >= 4 is 24.4 Å². The number of nitrogens with zero attached hydrogens (tertiary/aromatic N) is 7. The second-order valence-electron chi connectivity index (χ2n) is 9.03. The Balaban J connectivity index is 1.58. The number of aromatic nitrogens is 8. The van der Waals surface area contributed by atoms with Gasteiger partial charge in [-0.15, -0.1) is 10.2 Å². The van der Waals surface area contributed by atoms with E-state index in [9.17, 15) is 24.6 Å². The second-order valence-corrected chi connectivity index (χ2v) is 10.9. The number of aliphatic hydroxyl groups excluding tert-OH is 2. The Morgan fingerprint density at radius 1 is 1.30 bits per heavy atom. The summed E-state index contributed by atoms with van der Waals surface area (Å²) in [6, 6.07) is 0.0892. The molecule has 0 amide bonds. The van der Waals surface area contributed by atoms with Gasteiger partial charge in [0.2, 0.25) is 0 Å². The number of H-pyrrole nitrogens is 1. The minimum atomic E-state index is -4.99. The van der Waals surface area contributed by atoms with E-state index in [2.05, 4.69) is 41.0 Å². The predicted octanol–water partition coefficient (Wildman–Crippen LogP) is -1.13. The van der Waals surface area contributed by atoms with Crippen LogP contribution in [0.2, 0.25) is 0 Å². The number of anilines is 1. The SMILES string of the molecule is COCC(Cc1nn[nH]n1)(OC[C@H]1O[C@@H](n2ncc3c(NC(C)C)nc(C)nc32)[C@H](O)[C@@H]1O)P(=O)(O)O. The van der Waals surface area contributed by atoms with Crippen LogP contribution in [0.5, 0.6) is 0 Å². The smallest absolute Gasteiger partial charge is 0.359 e. The summed E-state index contributed by atoms with van der Waals surface area (Å²) in [5.74, 6) is 0.997. The maximum atomic E-state index is 12.5. The van der Waals surface area contributed by atoms with E-state index in [0.29, 0.717) is 22.7 Å². The van der Waals surface area contributed by atoms with Crippen LogP contribution in [0.3, 0.4) is 0 Å². The third kappa shape index (κ3) is 5.49. The molecule has 37 heavy (non-hydrogen) atoms. The summed E-state index contributed by atoms with van der Waals surface area (Å²) >= 11 is 0. The summed E-state index contributed by atoms with van der Waals surface area (Å²) in [7, 11) is -3.74. The Morgan fingerprint density at radius 3 is 2.68 bits per heavy atom. The summed E-state index contributed by atoms with van der Waals surface area (Å²) in [5.41, 5.74) is 0.370. The second kappa shape index (κ2) is 10.6. The van der Waals surface area contributed by atoms with E-state index in [1.165, 1.54) is 18.0 Å². The molecule has 1 fully saturated rings. The molecular weight excluding hydrogens is 513 g/mol. The summed E-state index contributed by atoms with van der Waals surface area (Å²) in [6.45, 7) is 4.60. The number of tetrazole rings is 1. The number of aliphatic hydroxyl groups is 2. The maximum Gasteiger partial charge on any atom is 0.359 e. The zero-order valence-electron chi connectivity index (χ0n) is 20.6. The van der Waals surface area contributed by atoms with Gasteiger partial charge in [-0.05, 0) is 20.8 Å². The van der Waals surface area contributed by atoms with Crippen molar-refractivity contribution in [3.8, 4) is 0 Å². The van der Waals surface area contributed by atoms with Crippen molar-refractivity contribution in [3.63, 3.8) is 0 Å². The molecule has 4 heterocycles. The third-order valence-electron chi connectivity index (χ3n) is 5.81. The molecule has 4 rings (SSSR count). The number of methoxy groups -OCH3 is 1. The Bertz CT molecular complexity index is 1250. The van der Waals surface area contributed by atoms with Crippen LogP contribution in [0.4, 0.5) is 5.82 Å². The number of aryl methyl sites for hydroxylation is 1. The molecule has 1 aliphatic heterocycles. The molecule has 0 bridgehead atoms. The number of fused-ring (bicyclic) bond motifs is 1. The van der Waals surface area contributed by atoms with E-state index in [-0.39, 0.29) is 11.9 Å². The van der Waals surface area contributed by atoms with Gasteiger partial charge in [0.1, 0.15) is 30.0 Å². The van der Waals surface area contributed by atoms with Gasteiger partial charge in [0.25, 0.3) is 0 Å². The van der Waals surface area contributed by atoms with Gasteiger partial charge in [-0.1, -0.05) is 5.21 Å². The van der Waals surface area contributed by atoms with Crippen molar-refractivity contribution in [1.29, 1.82) is 0 Å². The highest BCUT2D eigenvalue weighted by molar-refractivity contribution is 7.53. The maximum absolute atomic E-state index is 12.5. The molecule has 1 saturated heterocycles. The monoisotopic (exact) mass is 543 g/mol. The van der Waals surface area contributed by atoms with Crippen LogP contribution in [-0.4, -0.2) is 110 Å². The molecule has 18 heteroatoms. The largest absolute Gasteiger partial charge is 0.387 e. The van der Waals surface area contributed by atoms with E-state index in [1.807, 2.05) is 13.8 Å². The van der Waals surface area contributed by atoms with Crippen LogP contribution in [-0.2, 0) is 25.2 Å². The molecule has 1 unspecified atom stereocenters. The highest BCUT2D eigenvalue weighted by atomic mass is 31.2. The molecule has 0 saturated carbocycles. The van der Waals surface area contributed by atoms with Crippen LogP contribution < -0.4 is 5.32 Å². The molecule has 5 atom stereocenters. The van der Waals surface area contributed by atoms with Crippen LogP contribution in [0, 0.1) is 6.92 Å². The normalized spacial score (nSPS) is 24.1. The fraction of sp³-hybridized carbons (Fsp3) is 0.684. The fourth-order valence-electron chi connectivity index (χ4n) is 4.06. The molecule has 3 aromatic rings. The summed E-state index contributed by atoms with van der Waals surface area (Å²) in [6.07, 6.45) is -4.18. The van der Waals surface area contributed by atoms with Gasteiger partial charge in [0, 0.05) is 13.2 Å². The Labute approximate surface area is 210 Å². The first-order valence-electron chi connectivity index (χ1n) is 11.4. The lowest BCUT2D eigenvalue weighted by molar-refractivity contribution is -0.113. The number of hydrogen-bond donors (Lipinski definition) is 6. The van der Waals surface area contributed by atoms with Crippen molar-refractivity contribution in [2.24, 2.45) is 0 Å². The molecule has 0 aliphatic carbocycles. The van der Waals surface area contributed by atoms with Gasteiger partial charge in [-0.3, -0.25) is 4.57 Å². The Morgan fingerprint density at radius 2 is 2.05 bits per heavy atom. The van der Waals surface area contributed by atoms with E-state index in [4.69, 9.17) is 14.2 Å². The topological polar surface area (TPSA) is 236 Å². The summed E-state index contributed by atoms with van der Waals surface area (Å²) in [4.78, 5) is 29.1. The first-order valence-corrected chi connectivity index (χ1v) is 13.0. The Kier molecular flexibility index (Phi) is 7.87. The summed E-state index contributed by atoms with van der Waals surface area (Å²) < 4.78 is 30.4. The number of rotatable bonds is 11. The minimum absolute atomic E-state index is 0.0185. The molecule has 0 aromatic carbocycles. The van der Waals surface area contributed by atoms with E-state index in [0.717, 1.165) is 0 Å². The molecule has 1 aliphatic rings.